The van der Waals surface area contributed by atoms with Gasteiger partial charge in [-0.15, -0.1) is 0 Å². The molecule has 3 aromatic rings. The number of carbonyl (C=O) groups is 2. The van der Waals surface area contributed by atoms with Crippen LogP contribution in [0.5, 0.6) is 0 Å². The van der Waals surface area contributed by atoms with E-state index in [9.17, 15) is 9.59 Å². The zero-order valence-corrected chi connectivity index (χ0v) is 17.9. The molecule has 5 rings (SSSR count). The van der Waals surface area contributed by atoms with Crippen molar-refractivity contribution in [3.8, 4) is 0 Å². The number of aromatic amines is 1. The van der Waals surface area contributed by atoms with Crippen LogP contribution in [0.1, 0.15) is 43.0 Å². The van der Waals surface area contributed by atoms with Crippen LogP contribution in [-0.2, 0) is 15.1 Å². The lowest BCUT2D eigenvalue weighted by molar-refractivity contribution is -0.166. The van der Waals surface area contributed by atoms with Crippen molar-refractivity contribution in [1.29, 1.82) is 0 Å². The Bertz CT molecular complexity index is 1170. The van der Waals surface area contributed by atoms with E-state index in [-0.39, 0.29) is 24.3 Å². The number of hydrogen-bond acceptors (Lipinski definition) is 2. The molecule has 2 amide bonds. The number of hydrogen-bond donors (Lipinski definition) is 1. The smallest absolute Gasteiger partial charge is 0.254 e. The first kappa shape index (κ1) is 19.2. The normalized spacial score (nSPS) is 23.6. The number of nitrogens with zero attached hydrogens (tertiary/aromatic N) is 2. The maximum absolute atomic E-state index is 13.7. The Morgan fingerprint density at radius 2 is 1.87 bits per heavy atom. The highest BCUT2D eigenvalue weighted by atomic mass is 35.5. The van der Waals surface area contributed by atoms with Crippen molar-refractivity contribution < 1.29 is 9.59 Å². The fourth-order valence-electron chi connectivity index (χ4n) is 5.16. The van der Waals surface area contributed by atoms with E-state index in [1.165, 1.54) is 0 Å². The molecule has 30 heavy (non-hydrogen) atoms. The number of piperazine rings is 1. The second-order valence-corrected chi connectivity index (χ2v) is 8.74. The summed E-state index contributed by atoms with van der Waals surface area (Å²) in [5.74, 6) is -0.145. The molecule has 2 aliphatic heterocycles. The van der Waals surface area contributed by atoms with E-state index in [4.69, 9.17) is 11.6 Å². The minimum atomic E-state index is -1.05. The van der Waals surface area contributed by atoms with Crippen molar-refractivity contribution >= 4 is 34.3 Å². The van der Waals surface area contributed by atoms with Gasteiger partial charge in [0.15, 0.2) is 5.54 Å². The monoisotopic (exact) mass is 421 g/mol. The summed E-state index contributed by atoms with van der Waals surface area (Å²) in [7, 11) is 0. The molecule has 154 valence electrons. The van der Waals surface area contributed by atoms with Crippen LogP contribution in [0.15, 0.2) is 48.5 Å². The van der Waals surface area contributed by atoms with Crippen molar-refractivity contribution in [3.05, 3.63) is 70.4 Å². The highest BCUT2D eigenvalue weighted by molar-refractivity contribution is 6.31. The molecule has 2 aromatic carbocycles. The molecule has 5 nitrogen and oxygen atoms in total. The van der Waals surface area contributed by atoms with Crippen molar-refractivity contribution in [2.75, 3.05) is 19.6 Å². The summed E-state index contributed by atoms with van der Waals surface area (Å²) in [4.78, 5) is 33.8. The van der Waals surface area contributed by atoms with E-state index in [2.05, 4.69) is 11.1 Å². The molecule has 6 heteroatoms. The summed E-state index contributed by atoms with van der Waals surface area (Å²) >= 11 is 6.59. The number of nitrogens with one attached hydrogen (secondary N) is 1. The van der Waals surface area contributed by atoms with Crippen LogP contribution in [0.4, 0.5) is 0 Å². The van der Waals surface area contributed by atoms with Crippen LogP contribution in [0.3, 0.4) is 0 Å². The van der Waals surface area contributed by atoms with Gasteiger partial charge in [-0.1, -0.05) is 54.9 Å². The first-order valence-electron chi connectivity index (χ1n) is 10.4. The molecule has 2 unspecified atom stereocenters. The lowest BCUT2D eigenvalue weighted by Gasteiger charge is -2.51. The summed E-state index contributed by atoms with van der Waals surface area (Å²) in [5.41, 5.74) is 2.77. The minimum Gasteiger partial charge on any atom is -0.356 e. The van der Waals surface area contributed by atoms with E-state index in [1.807, 2.05) is 56.3 Å². The molecule has 2 atom stereocenters. The lowest BCUT2D eigenvalue weighted by Crippen LogP contribution is -2.67. The molecule has 1 fully saturated rings. The third kappa shape index (κ3) is 2.54. The molecule has 1 aromatic heterocycles. The molecule has 0 spiro atoms. The first-order valence-corrected chi connectivity index (χ1v) is 10.8. The summed E-state index contributed by atoms with van der Waals surface area (Å²) in [6.07, 6.45) is 0.816. The quantitative estimate of drug-likeness (QED) is 0.686. The minimum absolute atomic E-state index is 0.0191. The molecule has 0 saturated carbocycles. The van der Waals surface area contributed by atoms with Crippen molar-refractivity contribution in [1.82, 2.24) is 14.8 Å². The van der Waals surface area contributed by atoms with Crippen LogP contribution in [0.25, 0.3) is 10.9 Å². The van der Waals surface area contributed by atoms with Crippen LogP contribution < -0.4 is 0 Å². The van der Waals surface area contributed by atoms with Gasteiger partial charge in [-0.2, -0.15) is 0 Å². The Kier molecular flexibility index (Phi) is 4.40. The molecular weight excluding hydrogens is 398 g/mol. The van der Waals surface area contributed by atoms with Crippen molar-refractivity contribution in [2.45, 2.75) is 31.7 Å². The SMILES string of the molecule is CCCN1CC(=O)N2CC(c3ccccc3Cl)c3c([nH]c4ccccc34)C2(C)C1=O. The Morgan fingerprint density at radius 3 is 2.63 bits per heavy atom. The fourth-order valence-corrected chi connectivity index (χ4v) is 5.43. The van der Waals surface area contributed by atoms with Crippen molar-refractivity contribution in [3.63, 3.8) is 0 Å². The number of fused-ring (bicyclic) bond motifs is 5. The van der Waals surface area contributed by atoms with Crippen LogP contribution in [0, 0.1) is 0 Å². The second kappa shape index (κ2) is 6.88. The molecule has 1 saturated heterocycles. The van der Waals surface area contributed by atoms with Crippen LogP contribution in [0.2, 0.25) is 5.02 Å². The molecule has 2 aliphatic rings. The molecule has 0 radical (unpaired) electrons. The van der Waals surface area contributed by atoms with E-state index in [0.717, 1.165) is 34.1 Å². The molecule has 0 aliphatic carbocycles. The number of carbonyl (C=O) groups excluding carboxylic acids is 2. The lowest BCUT2D eigenvalue weighted by atomic mass is 9.76. The largest absolute Gasteiger partial charge is 0.356 e. The summed E-state index contributed by atoms with van der Waals surface area (Å²) in [5, 5.41) is 1.75. The highest BCUT2D eigenvalue weighted by Crippen LogP contribution is 2.48. The topological polar surface area (TPSA) is 56.4 Å². The molecule has 1 N–H and O–H groups in total. The van der Waals surface area contributed by atoms with E-state index < -0.39 is 5.54 Å². The van der Waals surface area contributed by atoms with Crippen LogP contribution in [-0.4, -0.2) is 46.2 Å². The zero-order chi connectivity index (χ0) is 21.0. The maximum atomic E-state index is 13.7. The van der Waals surface area contributed by atoms with Crippen LogP contribution >= 0.6 is 11.6 Å². The summed E-state index contributed by atoms with van der Waals surface area (Å²) in [6.45, 7) is 5.05. The maximum Gasteiger partial charge on any atom is 0.254 e. The van der Waals surface area contributed by atoms with Gasteiger partial charge in [0.2, 0.25) is 5.91 Å². The Hall–Kier alpha value is -2.79. The number of rotatable bonds is 3. The zero-order valence-electron chi connectivity index (χ0n) is 17.1. The Balaban J connectivity index is 1.78. The Labute approximate surface area is 180 Å². The number of halogens is 1. The van der Waals surface area contributed by atoms with Gasteiger partial charge in [-0.05, 0) is 36.6 Å². The molecule has 3 heterocycles. The van der Waals surface area contributed by atoms with E-state index in [0.29, 0.717) is 18.1 Å². The van der Waals surface area contributed by atoms with Gasteiger partial charge in [0, 0.05) is 34.9 Å². The number of H-pyrrole nitrogens is 1. The number of amides is 2. The van der Waals surface area contributed by atoms with Gasteiger partial charge >= 0.3 is 0 Å². The van der Waals surface area contributed by atoms with Gasteiger partial charge in [0.1, 0.15) is 0 Å². The third-order valence-electron chi connectivity index (χ3n) is 6.59. The average molecular weight is 422 g/mol. The van der Waals surface area contributed by atoms with Gasteiger partial charge in [0.05, 0.1) is 12.2 Å². The average Bonchev–Trinajstić information content (AvgIpc) is 3.14. The third-order valence-corrected chi connectivity index (χ3v) is 6.94. The van der Waals surface area contributed by atoms with Crippen molar-refractivity contribution in [2.24, 2.45) is 0 Å². The highest BCUT2D eigenvalue weighted by Gasteiger charge is 2.56. The van der Waals surface area contributed by atoms with Gasteiger partial charge in [-0.25, -0.2) is 0 Å². The summed E-state index contributed by atoms with van der Waals surface area (Å²) in [6, 6.07) is 15.9. The Morgan fingerprint density at radius 1 is 1.13 bits per heavy atom. The number of para-hydroxylation sites is 1. The van der Waals surface area contributed by atoms with Gasteiger partial charge < -0.3 is 14.8 Å². The van der Waals surface area contributed by atoms with E-state index >= 15 is 0 Å². The van der Waals surface area contributed by atoms with Gasteiger partial charge in [0.25, 0.3) is 5.91 Å². The van der Waals surface area contributed by atoms with E-state index in [1.54, 1.807) is 9.80 Å². The molecule has 0 bridgehead atoms. The first-order chi connectivity index (χ1) is 14.5. The predicted octanol–water partition coefficient (Wildman–Crippen LogP) is 4.26. The summed E-state index contributed by atoms with van der Waals surface area (Å²) < 4.78 is 0. The number of aromatic nitrogens is 1. The molecular formula is C24H24ClN3O2. The number of benzene rings is 2. The predicted molar refractivity (Wildman–Crippen MR) is 118 cm³/mol. The van der Waals surface area contributed by atoms with Gasteiger partial charge in [-0.3, -0.25) is 9.59 Å². The fraction of sp³-hybridized carbons (Fsp3) is 0.333. The standard InChI is InChI=1S/C24H24ClN3O2/c1-3-12-27-14-20(29)28-13-17(15-8-4-6-10-18(15)25)21-16-9-5-7-11-19(16)26-22(21)24(28,2)23(27)30/h4-11,17,26H,3,12-14H2,1-2H3. The second-order valence-electron chi connectivity index (χ2n) is 8.34.